The first-order chi connectivity index (χ1) is 13.5. The molecule has 2 aromatic carbocycles. The Bertz CT molecular complexity index is 953. The van der Waals surface area contributed by atoms with Gasteiger partial charge in [0.1, 0.15) is 0 Å². The SMILES string of the molecule is CSc1ccc(NC(=O)c2ccc(NC(=O)CSc3nccn3C)cc2)cc1. The number of imidazole rings is 1. The fourth-order valence-electron chi connectivity index (χ4n) is 2.40. The molecular weight excluding hydrogens is 392 g/mol. The molecule has 144 valence electrons. The molecule has 3 aromatic rings. The van der Waals surface area contributed by atoms with Gasteiger partial charge >= 0.3 is 0 Å². The van der Waals surface area contributed by atoms with Crippen LogP contribution in [0.3, 0.4) is 0 Å². The highest BCUT2D eigenvalue weighted by Gasteiger charge is 2.09. The van der Waals surface area contributed by atoms with Crippen molar-refractivity contribution in [2.45, 2.75) is 10.1 Å². The number of benzene rings is 2. The van der Waals surface area contributed by atoms with Crippen LogP contribution in [0.4, 0.5) is 11.4 Å². The van der Waals surface area contributed by atoms with Gasteiger partial charge in [0.25, 0.3) is 5.91 Å². The zero-order valence-corrected chi connectivity index (χ0v) is 17.1. The minimum atomic E-state index is -0.194. The molecule has 0 spiro atoms. The summed E-state index contributed by atoms with van der Waals surface area (Å²) in [4.78, 5) is 29.7. The van der Waals surface area contributed by atoms with Crippen molar-refractivity contribution in [1.82, 2.24) is 9.55 Å². The molecular formula is C20H20N4O2S2. The lowest BCUT2D eigenvalue weighted by atomic mass is 10.2. The third-order valence-electron chi connectivity index (χ3n) is 3.89. The molecule has 0 fully saturated rings. The van der Waals surface area contributed by atoms with E-state index >= 15 is 0 Å². The minimum absolute atomic E-state index is 0.126. The van der Waals surface area contributed by atoms with Crippen LogP contribution in [0.2, 0.25) is 0 Å². The lowest BCUT2D eigenvalue weighted by Gasteiger charge is -2.08. The standard InChI is InChI=1S/C20H20N4O2S2/c1-24-12-11-21-20(24)28-13-18(25)22-15-5-3-14(4-6-15)19(26)23-16-7-9-17(27-2)10-8-16/h3-12H,13H2,1-2H3,(H,22,25)(H,23,26). The molecule has 0 bridgehead atoms. The van der Waals surface area contributed by atoms with Crippen LogP contribution in [0, 0.1) is 0 Å². The second kappa shape index (κ2) is 9.48. The third kappa shape index (κ3) is 5.40. The van der Waals surface area contributed by atoms with E-state index in [1.807, 2.05) is 48.3 Å². The van der Waals surface area contributed by atoms with Crippen molar-refractivity contribution in [1.29, 1.82) is 0 Å². The summed E-state index contributed by atoms with van der Waals surface area (Å²) in [7, 11) is 1.88. The summed E-state index contributed by atoms with van der Waals surface area (Å²) < 4.78 is 1.86. The number of aromatic nitrogens is 2. The molecule has 2 N–H and O–H groups in total. The Morgan fingerprint density at radius 2 is 1.64 bits per heavy atom. The molecule has 0 saturated carbocycles. The Kier molecular flexibility index (Phi) is 6.78. The first kappa shape index (κ1) is 20.0. The van der Waals surface area contributed by atoms with Crippen molar-refractivity contribution >= 4 is 46.7 Å². The first-order valence-corrected chi connectivity index (χ1v) is 10.7. The number of thioether (sulfide) groups is 2. The zero-order chi connectivity index (χ0) is 19.9. The van der Waals surface area contributed by atoms with Gasteiger partial charge in [0.05, 0.1) is 5.75 Å². The van der Waals surface area contributed by atoms with Gasteiger partial charge in [-0.3, -0.25) is 9.59 Å². The van der Waals surface area contributed by atoms with Gasteiger partial charge in [0, 0.05) is 41.3 Å². The molecule has 3 rings (SSSR count). The van der Waals surface area contributed by atoms with Crippen molar-refractivity contribution in [3.05, 3.63) is 66.5 Å². The molecule has 1 aromatic heterocycles. The van der Waals surface area contributed by atoms with Crippen molar-refractivity contribution in [2.24, 2.45) is 7.05 Å². The van der Waals surface area contributed by atoms with Crippen LogP contribution < -0.4 is 10.6 Å². The molecule has 8 heteroatoms. The van der Waals surface area contributed by atoms with Crippen molar-refractivity contribution in [2.75, 3.05) is 22.6 Å². The number of carbonyl (C=O) groups excluding carboxylic acids is 2. The number of anilines is 2. The average Bonchev–Trinajstić information content (AvgIpc) is 3.12. The maximum Gasteiger partial charge on any atom is 0.255 e. The molecule has 0 unspecified atom stereocenters. The second-order valence-corrected chi connectivity index (χ2v) is 7.74. The van der Waals surface area contributed by atoms with Gasteiger partial charge in [0.2, 0.25) is 5.91 Å². The number of hydrogen-bond acceptors (Lipinski definition) is 5. The molecule has 1 heterocycles. The lowest BCUT2D eigenvalue weighted by Crippen LogP contribution is -2.15. The number of nitrogens with zero attached hydrogens (tertiary/aromatic N) is 2. The van der Waals surface area contributed by atoms with Crippen molar-refractivity contribution in [3.8, 4) is 0 Å². The topological polar surface area (TPSA) is 76.0 Å². The smallest absolute Gasteiger partial charge is 0.255 e. The highest BCUT2D eigenvalue weighted by atomic mass is 32.2. The van der Waals surface area contributed by atoms with E-state index in [1.54, 1.807) is 42.2 Å². The normalized spacial score (nSPS) is 10.5. The number of carbonyl (C=O) groups is 2. The first-order valence-electron chi connectivity index (χ1n) is 8.50. The second-order valence-electron chi connectivity index (χ2n) is 5.92. The molecule has 0 saturated heterocycles. The van der Waals surface area contributed by atoms with Crippen molar-refractivity contribution in [3.63, 3.8) is 0 Å². The van der Waals surface area contributed by atoms with E-state index in [1.165, 1.54) is 11.8 Å². The van der Waals surface area contributed by atoms with Crippen LogP contribution >= 0.6 is 23.5 Å². The number of amides is 2. The highest BCUT2D eigenvalue weighted by molar-refractivity contribution is 7.99. The molecule has 28 heavy (non-hydrogen) atoms. The fraction of sp³-hybridized carbons (Fsp3) is 0.150. The van der Waals surface area contributed by atoms with E-state index in [2.05, 4.69) is 15.6 Å². The molecule has 0 radical (unpaired) electrons. The molecule has 0 aliphatic carbocycles. The van der Waals surface area contributed by atoms with Gasteiger partial charge in [-0.2, -0.15) is 0 Å². The van der Waals surface area contributed by atoms with E-state index in [9.17, 15) is 9.59 Å². The maximum absolute atomic E-state index is 12.4. The van der Waals surface area contributed by atoms with Crippen LogP contribution in [-0.2, 0) is 11.8 Å². The monoisotopic (exact) mass is 412 g/mol. The van der Waals surface area contributed by atoms with Gasteiger partial charge in [-0.1, -0.05) is 11.8 Å². The average molecular weight is 413 g/mol. The van der Waals surface area contributed by atoms with Gasteiger partial charge < -0.3 is 15.2 Å². The Labute approximate surface area is 172 Å². The molecule has 0 aliphatic heterocycles. The third-order valence-corrected chi connectivity index (χ3v) is 5.69. The number of nitrogens with one attached hydrogen (secondary N) is 2. The van der Waals surface area contributed by atoms with Crippen LogP contribution in [0.25, 0.3) is 0 Å². The van der Waals surface area contributed by atoms with Gasteiger partial charge in [0.15, 0.2) is 5.16 Å². The quantitative estimate of drug-likeness (QED) is 0.571. The summed E-state index contributed by atoms with van der Waals surface area (Å²) in [6.07, 6.45) is 5.54. The predicted octanol–water partition coefficient (Wildman–Crippen LogP) is 4.13. The summed E-state index contributed by atoms with van der Waals surface area (Å²) in [5.41, 5.74) is 1.91. The fourth-order valence-corrected chi connectivity index (χ4v) is 3.54. The lowest BCUT2D eigenvalue weighted by molar-refractivity contribution is -0.113. The summed E-state index contributed by atoms with van der Waals surface area (Å²) >= 11 is 3.02. The van der Waals surface area contributed by atoms with E-state index in [0.29, 0.717) is 11.3 Å². The number of aryl methyl sites for hydroxylation is 1. The molecule has 6 nitrogen and oxygen atoms in total. The number of hydrogen-bond donors (Lipinski definition) is 2. The Morgan fingerprint density at radius 3 is 2.25 bits per heavy atom. The number of rotatable bonds is 7. The predicted molar refractivity (Wildman–Crippen MR) is 115 cm³/mol. The molecule has 2 amide bonds. The van der Waals surface area contributed by atoms with Crippen LogP contribution in [0.5, 0.6) is 0 Å². The van der Waals surface area contributed by atoms with Gasteiger partial charge in [-0.25, -0.2) is 4.98 Å². The van der Waals surface area contributed by atoms with E-state index in [-0.39, 0.29) is 17.6 Å². The Balaban J connectivity index is 1.52. The van der Waals surface area contributed by atoms with Crippen LogP contribution in [-0.4, -0.2) is 33.4 Å². The van der Waals surface area contributed by atoms with E-state index in [4.69, 9.17) is 0 Å². The Morgan fingerprint density at radius 1 is 1.00 bits per heavy atom. The van der Waals surface area contributed by atoms with E-state index < -0.39 is 0 Å². The van der Waals surface area contributed by atoms with Crippen LogP contribution in [0.1, 0.15) is 10.4 Å². The zero-order valence-electron chi connectivity index (χ0n) is 15.5. The van der Waals surface area contributed by atoms with Crippen molar-refractivity contribution < 1.29 is 9.59 Å². The van der Waals surface area contributed by atoms with Crippen LogP contribution in [0.15, 0.2) is 71.0 Å². The molecule has 0 atom stereocenters. The maximum atomic E-state index is 12.4. The minimum Gasteiger partial charge on any atom is -0.329 e. The summed E-state index contributed by atoms with van der Waals surface area (Å²) in [5.74, 6) is -0.0572. The van der Waals surface area contributed by atoms with Gasteiger partial charge in [-0.05, 0) is 54.8 Å². The van der Waals surface area contributed by atoms with Gasteiger partial charge in [-0.15, -0.1) is 11.8 Å². The molecule has 0 aliphatic rings. The summed E-state index contributed by atoms with van der Waals surface area (Å²) in [6.45, 7) is 0. The highest BCUT2D eigenvalue weighted by Crippen LogP contribution is 2.19. The largest absolute Gasteiger partial charge is 0.329 e. The van der Waals surface area contributed by atoms with E-state index in [0.717, 1.165) is 15.7 Å². The summed E-state index contributed by atoms with van der Waals surface area (Å²) in [6, 6.07) is 14.5. The summed E-state index contributed by atoms with van der Waals surface area (Å²) in [5, 5.41) is 6.47. The Hall–Kier alpha value is -2.71.